The van der Waals surface area contributed by atoms with Gasteiger partial charge in [-0.05, 0) is 20.3 Å². The van der Waals surface area contributed by atoms with Crippen LogP contribution < -0.4 is 16.4 Å². The maximum atomic E-state index is 11.8. The molecule has 1 aromatic rings. The normalized spacial score (nSPS) is 10.5. The number of nitrogens with one attached hydrogen (secondary N) is 3. The summed E-state index contributed by atoms with van der Waals surface area (Å²) in [5.74, 6) is -0.693. The van der Waals surface area contributed by atoms with E-state index in [1.54, 1.807) is 0 Å². The molecule has 106 valence electrons. The van der Waals surface area contributed by atoms with Gasteiger partial charge in [0, 0.05) is 6.04 Å². The summed E-state index contributed by atoms with van der Waals surface area (Å²) in [6.45, 7) is 5.62. The van der Waals surface area contributed by atoms with E-state index in [1.807, 2.05) is 20.8 Å². The molecule has 0 aromatic carbocycles. The molecule has 0 fully saturated rings. The Labute approximate surface area is 112 Å². The van der Waals surface area contributed by atoms with E-state index in [0.29, 0.717) is 5.69 Å². The van der Waals surface area contributed by atoms with Gasteiger partial charge in [0.15, 0.2) is 5.69 Å². The van der Waals surface area contributed by atoms with Gasteiger partial charge < -0.3 is 16.4 Å². The van der Waals surface area contributed by atoms with Crippen molar-refractivity contribution in [2.45, 2.75) is 39.7 Å². The third kappa shape index (κ3) is 4.27. The van der Waals surface area contributed by atoms with Gasteiger partial charge in [0.2, 0.25) is 5.91 Å². The van der Waals surface area contributed by atoms with Crippen molar-refractivity contribution < 1.29 is 9.59 Å². The van der Waals surface area contributed by atoms with Crippen molar-refractivity contribution in [2.24, 2.45) is 0 Å². The first-order valence-electron chi connectivity index (χ1n) is 6.36. The summed E-state index contributed by atoms with van der Waals surface area (Å²) in [4.78, 5) is 23.2. The van der Waals surface area contributed by atoms with Gasteiger partial charge in [-0.3, -0.25) is 14.7 Å². The fraction of sp³-hybridized carbons (Fsp3) is 0.583. The molecule has 0 spiro atoms. The maximum absolute atomic E-state index is 11.8. The molecule has 0 radical (unpaired) electrons. The van der Waals surface area contributed by atoms with Gasteiger partial charge in [-0.15, -0.1) is 0 Å². The smallest absolute Gasteiger partial charge is 0.274 e. The minimum Gasteiger partial charge on any atom is -0.395 e. The number of nitrogens with zero attached hydrogens (tertiary/aromatic N) is 1. The molecule has 0 aliphatic carbocycles. The van der Waals surface area contributed by atoms with Gasteiger partial charge in [-0.2, -0.15) is 5.10 Å². The Kier molecular flexibility index (Phi) is 5.35. The molecule has 0 aliphatic heterocycles. The van der Waals surface area contributed by atoms with Crippen molar-refractivity contribution in [1.29, 1.82) is 0 Å². The van der Waals surface area contributed by atoms with Gasteiger partial charge in [-0.1, -0.05) is 13.3 Å². The zero-order valence-electron chi connectivity index (χ0n) is 11.5. The van der Waals surface area contributed by atoms with E-state index in [4.69, 9.17) is 5.73 Å². The van der Waals surface area contributed by atoms with Crippen molar-refractivity contribution >= 4 is 17.5 Å². The summed E-state index contributed by atoms with van der Waals surface area (Å²) in [5, 5.41) is 11.8. The maximum Gasteiger partial charge on any atom is 0.274 e. The molecule has 0 aliphatic rings. The van der Waals surface area contributed by atoms with Crippen molar-refractivity contribution in [1.82, 2.24) is 20.8 Å². The van der Waals surface area contributed by atoms with Gasteiger partial charge >= 0.3 is 0 Å². The number of aromatic nitrogens is 2. The summed E-state index contributed by atoms with van der Waals surface area (Å²) < 4.78 is 0. The van der Waals surface area contributed by atoms with E-state index in [9.17, 15) is 9.59 Å². The summed E-state index contributed by atoms with van der Waals surface area (Å²) in [5.41, 5.74) is 7.06. The van der Waals surface area contributed by atoms with Gasteiger partial charge in [0.25, 0.3) is 5.91 Å². The molecular formula is C12H21N5O2. The monoisotopic (exact) mass is 267 g/mol. The standard InChI is InChI=1S/C12H21N5O2/c1-4-5-8-10(13)11(17-16-8)12(19)14-6-9(18)15-7(2)3/h7H,4-6,13H2,1-3H3,(H,14,19)(H,15,18)(H,16,17). The Bertz CT molecular complexity index is 453. The molecule has 1 heterocycles. The topological polar surface area (TPSA) is 113 Å². The highest BCUT2D eigenvalue weighted by Crippen LogP contribution is 2.15. The van der Waals surface area contributed by atoms with E-state index in [2.05, 4.69) is 20.8 Å². The van der Waals surface area contributed by atoms with Gasteiger partial charge in [0.05, 0.1) is 17.9 Å². The summed E-state index contributed by atoms with van der Waals surface area (Å²) in [6.07, 6.45) is 1.64. The Balaban J connectivity index is 2.56. The number of rotatable bonds is 6. The summed E-state index contributed by atoms with van der Waals surface area (Å²) >= 11 is 0. The number of carbonyl (C=O) groups is 2. The number of amides is 2. The molecule has 0 unspecified atom stereocenters. The van der Waals surface area contributed by atoms with Crippen molar-refractivity contribution in [3.05, 3.63) is 11.4 Å². The molecule has 7 heteroatoms. The molecule has 0 bridgehead atoms. The molecule has 0 saturated heterocycles. The lowest BCUT2D eigenvalue weighted by Gasteiger charge is -2.08. The Morgan fingerprint density at radius 2 is 2.11 bits per heavy atom. The Morgan fingerprint density at radius 1 is 1.42 bits per heavy atom. The Morgan fingerprint density at radius 3 is 2.68 bits per heavy atom. The van der Waals surface area contributed by atoms with Crippen molar-refractivity contribution in [3.8, 4) is 0 Å². The number of nitrogen functional groups attached to an aromatic ring is 1. The average molecular weight is 267 g/mol. The third-order valence-corrected chi connectivity index (χ3v) is 2.46. The molecule has 1 rings (SSSR count). The molecule has 0 atom stereocenters. The lowest BCUT2D eigenvalue weighted by atomic mass is 10.2. The Hall–Kier alpha value is -2.05. The van der Waals surface area contributed by atoms with Gasteiger partial charge in [-0.25, -0.2) is 0 Å². The van der Waals surface area contributed by atoms with Crippen LogP contribution in [0.15, 0.2) is 0 Å². The first-order chi connectivity index (χ1) is 8.95. The first-order valence-corrected chi connectivity index (χ1v) is 6.36. The number of nitrogens with two attached hydrogens (primary N) is 1. The lowest BCUT2D eigenvalue weighted by molar-refractivity contribution is -0.120. The number of aromatic amines is 1. The molecule has 0 saturated carbocycles. The molecular weight excluding hydrogens is 246 g/mol. The van der Waals surface area contributed by atoms with E-state index in [-0.39, 0.29) is 24.2 Å². The zero-order chi connectivity index (χ0) is 14.4. The second kappa shape index (κ2) is 6.77. The highest BCUT2D eigenvalue weighted by molar-refractivity contribution is 5.99. The predicted octanol–water partition coefficient (Wildman–Crippen LogP) is 0.199. The highest BCUT2D eigenvalue weighted by Gasteiger charge is 2.17. The van der Waals surface area contributed by atoms with Crippen LogP contribution in [0.25, 0.3) is 0 Å². The second-order valence-electron chi connectivity index (χ2n) is 4.62. The predicted molar refractivity (Wildman–Crippen MR) is 72.6 cm³/mol. The van der Waals surface area contributed by atoms with Crippen LogP contribution in [-0.2, 0) is 11.2 Å². The summed E-state index contributed by atoms with van der Waals surface area (Å²) in [6, 6.07) is 0.0380. The zero-order valence-corrected chi connectivity index (χ0v) is 11.5. The largest absolute Gasteiger partial charge is 0.395 e. The number of hydrogen-bond donors (Lipinski definition) is 4. The number of hydrogen-bond acceptors (Lipinski definition) is 4. The number of H-pyrrole nitrogens is 1. The van der Waals surface area contributed by atoms with Crippen LogP contribution in [0.3, 0.4) is 0 Å². The van der Waals surface area contributed by atoms with E-state index < -0.39 is 5.91 Å². The second-order valence-corrected chi connectivity index (χ2v) is 4.62. The number of anilines is 1. The molecule has 19 heavy (non-hydrogen) atoms. The van der Waals surface area contributed by atoms with Crippen LogP contribution in [0.1, 0.15) is 43.4 Å². The van der Waals surface area contributed by atoms with E-state index in [1.165, 1.54) is 0 Å². The summed E-state index contributed by atoms with van der Waals surface area (Å²) in [7, 11) is 0. The van der Waals surface area contributed by atoms with Crippen LogP contribution >= 0.6 is 0 Å². The van der Waals surface area contributed by atoms with Crippen LogP contribution in [0.2, 0.25) is 0 Å². The number of carbonyl (C=O) groups excluding carboxylic acids is 2. The lowest BCUT2D eigenvalue weighted by Crippen LogP contribution is -2.40. The average Bonchev–Trinajstić information content (AvgIpc) is 2.68. The quantitative estimate of drug-likeness (QED) is 0.589. The van der Waals surface area contributed by atoms with Crippen molar-refractivity contribution in [2.75, 3.05) is 12.3 Å². The van der Waals surface area contributed by atoms with Crippen LogP contribution in [-0.4, -0.2) is 34.6 Å². The van der Waals surface area contributed by atoms with Crippen molar-refractivity contribution in [3.63, 3.8) is 0 Å². The van der Waals surface area contributed by atoms with Crippen LogP contribution in [0.4, 0.5) is 5.69 Å². The SMILES string of the molecule is CCCc1[nH]nc(C(=O)NCC(=O)NC(C)C)c1N. The fourth-order valence-electron chi connectivity index (χ4n) is 1.62. The third-order valence-electron chi connectivity index (χ3n) is 2.46. The minimum atomic E-state index is -0.449. The molecule has 5 N–H and O–H groups in total. The van der Waals surface area contributed by atoms with Gasteiger partial charge in [0.1, 0.15) is 0 Å². The van der Waals surface area contributed by atoms with Crippen LogP contribution in [0, 0.1) is 0 Å². The number of aryl methyl sites for hydroxylation is 1. The van der Waals surface area contributed by atoms with E-state index >= 15 is 0 Å². The highest BCUT2D eigenvalue weighted by atomic mass is 16.2. The molecule has 1 aromatic heterocycles. The molecule has 2 amide bonds. The minimum absolute atomic E-state index is 0.0380. The first kappa shape index (κ1) is 15.0. The van der Waals surface area contributed by atoms with E-state index in [0.717, 1.165) is 18.5 Å². The fourth-order valence-corrected chi connectivity index (χ4v) is 1.62. The van der Waals surface area contributed by atoms with Crippen LogP contribution in [0.5, 0.6) is 0 Å². The molecule has 7 nitrogen and oxygen atoms in total.